The van der Waals surface area contributed by atoms with Gasteiger partial charge in [0.05, 0.1) is 0 Å². The minimum atomic E-state index is 0.611. The molecule has 6 nitrogen and oxygen atoms in total. The van der Waals surface area contributed by atoms with Gasteiger partial charge in [-0.2, -0.15) is 0 Å². The number of benzene rings is 1. The Morgan fingerprint density at radius 3 is 3.00 bits per heavy atom. The number of hydrogen-bond donors (Lipinski definition) is 1. The van der Waals surface area contributed by atoms with Gasteiger partial charge in [0.25, 0.3) is 0 Å². The Morgan fingerprint density at radius 2 is 2.17 bits per heavy atom. The molecule has 2 heterocycles. The highest BCUT2D eigenvalue weighted by Gasteiger charge is 2.13. The number of tetrazole rings is 1. The van der Waals surface area contributed by atoms with E-state index in [4.69, 9.17) is 10.2 Å². The molecule has 3 rings (SSSR count). The lowest BCUT2D eigenvalue weighted by atomic mass is 10.2. The average molecular weight is 243 g/mol. The maximum Gasteiger partial charge on any atom is 0.217 e. The second kappa shape index (κ2) is 4.58. The maximum atomic E-state index is 5.74. The van der Waals surface area contributed by atoms with E-state index in [0.717, 1.165) is 17.4 Å². The molecule has 18 heavy (non-hydrogen) atoms. The van der Waals surface area contributed by atoms with Crippen molar-refractivity contribution in [2.45, 2.75) is 13.0 Å². The van der Waals surface area contributed by atoms with Crippen LogP contribution in [0.25, 0.3) is 22.6 Å². The largest absolute Gasteiger partial charge is 0.453 e. The summed E-state index contributed by atoms with van der Waals surface area (Å²) in [5.74, 6) is 1.32. The number of fused-ring (bicyclic) bond motifs is 1. The zero-order valence-corrected chi connectivity index (χ0v) is 9.78. The normalized spacial score (nSPS) is 11.2. The molecule has 0 aliphatic rings. The molecule has 2 aromatic heterocycles. The maximum absolute atomic E-state index is 5.74. The van der Waals surface area contributed by atoms with Crippen molar-refractivity contribution in [3.63, 3.8) is 0 Å². The molecule has 0 amide bonds. The number of aromatic nitrogens is 4. The molecule has 0 aliphatic heterocycles. The van der Waals surface area contributed by atoms with Crippen LogP contribution in [0.15, 0.2) is 34.7 Å². The standard InChI is InChI=1S/C12H13N5O/c13-6-3-7-17-12(14-15-16-17)11-8-9-4-1-2-5-10(9)18-11/h1-2,4-5,8H,3,6-7,13H2. The third-order valence-electron chi connectivity index (χ3n) is 2.75. The molecule has 0 bridgehead atoms. The van der Waals surface area contributed by atoms with E-state index in [0.29, 0.717) is 24.7 Å². The summed E-state index contributed by atoms with van der Waals surface area (Å²) in [6.45, 7) is 1.30. The molecular formula is C12H13N5O. The van der Waals surface area contributed by atoms with Crippen LogP contribution >= 0.6 is 0 Å². The fourth-order valence-corrected chi connectivity index (χ4v) is 1.86. The van der Waals surface area contributed by atoms with Crippen LogP contribution in [0.3, 0.4) is 0 Å². The Kier molecular flexibility index (Phi) is 2.77. The van der Waals surface area contributed by atoms with Gasteiger partial charge in [0.15, 0.2) is 5.76 Å². The second-order valence-electron chi connectivity index (χ2n) is 4.02. The highest BCUT2D eigenvalue weighted by atomic mass is 16.3. The van der Waals surface area contributed by atoms with Crippen molar-refractivity contribution in [1.29, 1.82) is 0 Å². The Labute approximate surface area is 103 Å². The molecule has 92 valence electrons. The Bertz CT molecular complexity index is 624. The monoisotopic (exact) mass is 243 g/mol. The van der Waals surface area contributed by atoms with Crippen molar-refractivity contribution in [1.82, 2.24) is 20.2 Å². The summed E-state index contributed by atoms with van der Waals surface area (Å²) in [6.07, 6.45) is 0.832. The van der Waals surface area contributed by atoms with Gasteiger partial charge in [-0.3, -0.25) is 0 Å². The number of nitrogens with zero attached hydrogens (tertiary/aromatic N) is 4. The predicted molar refractivity (Wildman–Crippen MR) is 66.7 cm³/mol. The fraction of sp³-hybridized carbons (Fsp3) is 0.250. The lowest BCUT2D eigenvalue weighted by Crippen LogP contribution is -2.08. The zero-order chi connectivity index (χ0) is 12.4. The highest BCUT2D eigenvalue weighted by molar-refractivity contribution is 5.81. The number of furan rings is 1. The first-order chi connectivity index (χ1) is 8.88. The van der Waals surface area contributed by atoms with E-state index in [-0.39, 0.29) is 0 Å². The molecule has 0 radical (unpaired) electrons. The summed E-state index contributed by atoms with van der Waals surface area (Å²) in [5, 5.41) is 12.7. The molecule has 0 saturated heterocycles. The molecule has 0 fully saturated rings. The molecule has 0 aliphatic carbocycles. The van der Waals surface area contributed by atoms with Crippen LogP contribution < -0.4 is 5.73 Å². The Balaban J connectivity index is 2.01. The van der Waals surface area contributed by atoms with E-state index in [2.05, 4.69) is 15.5 Å². The van der Waals surface area contributed by atoms with E-state index < -0.39 is 0 Å². The average Bonchev–Trinajstić information content (AvgIpc) is 3.01. The van der Waals surface area contributed by atoms with Crippen LogP contribution in [-0.4, -0.2) is 26.8 Å². The smallest absolute Gasteiger partial charge is 0.217 e. The van der Waals surface area contributed by atoms with Crippen molar-refractivity contribution in [2.75, 3.05) is 6.54 Å². The van der Waals surface area contributed by atoms with Crippen molar-refractivity contribution < 1.29 is 4.42 Å². The van der Waals surface area contributed by atoms with Crippen LogP contribution in [0.1, 0.15) is 6.42 Å². The summed E-state index contributed by atoms with van der Waals surface area (Å²) >= 11 is 0. The molecule has 0 saturated carbocycles. The predicted octanol–water partition coefficient (Wildman–Crippen LogP) is 1.44. The van der Waals surface area contributed by atoms with Crippen molar-refractivity contribution >= 4 is 11.0 Å². The molecule has 0 atom stereocenters. The van der Waals surface area contributed by atoms with Gasteiger partial charge in [-0.25, -0.2) is 4.68 Å². The van der Waals surface area contributed by atoms with E-state index in [9.17, 15) is 0 Å². The van der Waals surface area contributed by atoms with Crippen molar-refractivity contribution in [3.05, 3.63) is 30.3 Å². The van der Waals surface area contributed by atoms with Gasteiger partial charge < -0.3 is 10.2 Å². The summed E-state index contributed by atoms with van der Waals surface area (Å²) < 4.78 is 7.45. The zero-order valence-electron chi connectivity index (χ0n) is 9.78. The van der Waals surface area contributed by atoms with E-state index in [1.165, 1.54) is 0 Å². The Morgan fingerprint density at radius 1 is 1.28 bits per heavy atom. The highest BCUT2D eigenvalue weighted by Crippen LogP contribution is 2.25. The number of nitrogens with two attached hydrogens (primary N) is 1. The lowest BCUT2D eigenvalue weighted by molar-refractivity contribution is 0.553. The fourth-order valence-electron chi connectivity index (χ4n) is 1.86. The van der Waals surface area contributed by atoms with Gasteiger partial charge in [0.1, 0.15) is 5.58 Å². The summed E-state index contributed by atoms with van der Waals surface area (Å²) in [6, 6.07) is 9.77. The van der Waals surface area contributed by atoms with Crippen LogP contribution in [0.2, 0.25) is 0 Å². The minimum Gasteiger partial charge on any atom is -0.453 e. The number of hydrogen-bond acceptors (Lipinski definition) is 5. The number of para-hydroxylation sites is 1. The van der Waals surface area contributed by atoms with E-state index in [1.54, 1.807) is 4.68 Å². The van der Waals surface area contributed by atoms with Crippen LogP contribution in [0.4, 0.5) is 0 Å². The third-order valence-corrected chi connectivity index (χ3v) is 2.75. The van der Waals surface area contributed by atoms with Gasteiger partial charge in [-0.15, -0.1) is 5.10 Å². The number of rotatable bonds is 4. The van der Waals surface area contributed by atoms with Crippen molar-refractivity contribution in [2.24, 2.45) is 5.73 Å². The van der Waals surface area contributed by atoms with Gasteiger partial charge in [0, 0.05) is 11.9 Å². The van der Waals surface area contributed by atoms with Gasteiger partial charge in [-0.05, 0) is 35.5 Å². The first-order valence-corrected chi connectivity index (χ1v) is 5.83. The minimum absolute atomic E-state index is 0.611. The van der Waals surface area contributed by atoms with Crippen LogP contribution in [0.5, 0.6) is 0 Å². The second-order valence-corrected chi connectivity index (χ2v) is 4.02. The molecular weight excluding hydrogens is 230 g/mol. The third kappa shape index (κ3) is 1.86. The number of aryl methyl sites for hydroxylation is 1. The molecule has 1 aromatic carbocycles. The molecule has 2 N–H and O–H groups in total. The molecule has 0 unspecified atom stereocenters. The first kappa shape index (κ1) is 10.9. The molecule has 6 heteroatoms. The SMILES string of the molecule is NCCCn1nnnc1-c1cc2ccccc2o1. The quantitative estimate of drug-likeness (QED) is 0.749. The van der Waals surface area contributed by atoms with Crippen LogP contribution in [-0.2, 0) is 6.54 Å². The summed E-state index contributed by atoms with van der Waals surface area (Å²) in [7, 11) is 0. The summed E-state index contributed by atoms with van der Waals surface area (Å²) in [5.41, 5.74) is 6.32. The molecule has 3 aromatic rings. The van der Waals surface area contributed by atoms with Gasteiger partial charge >= 0.3 is 0 Å². The van der Waals surface area contributed by atoms with Crippen LogP contribution in [0, 0.1) is 0 Å². The van der Waals surface area contributed by atoms with E-state index in [1.807, 2.05) is 30.3 Å². The summed E-state index contributed by atoms with van der Waals surface area (Å²) in [4.78, 5) is 0. The van der Waals surface area contributed by atoms with Gasteiger partial charge in [-0.1, -0.05) is 18.2 Å². The molecule has 0 spiro atoms. The lowest BCUT2D eigenvalue weighted by Gasteiger charge is -2.00. The van der Waals surface area contributed by atoms with Crippen molar-refractivity contribution in [3.8, 4) is 11.6 Å². The van der Waals surface area contributed by atoms with Gasteiger partial charge in [0.2, 0.25) is 5.82 Å². The van der Waals surface area contributed by atoms with E-state index >= 15 is 0 Å². The Hall–Kier alpha value is -2.21. The first-order valence-electron chi connectivity index (χ1n) is 5.83. The topological polar surface area (TPSA) is 82.8 Å².